The van der Waals surface area contributed by atoms with Crippen molar-refractivity contribution in [2.75, 3.05) is 6.61 Å². The molecule has 0 aromatic carbocycles. The van der Waals surface area contributed by atoms with E-state index in [0.717, 1.165) is 51.0 Å². The van der Waals surface area contributed by atoms with Gasteiger partial charge in [-0.15, -0.1) is 0 Å². The highest BCUT2D eigenvalue weighted by atomic mass is 16.5. The zero-order valence-corrected chi connectivity index (χ0v) is 12.9. The fraction of sp³-hybridized carbons (Fsp3) is 0.750. The van der Waals surface area contributed by atoms with Gasteiger partial charge in [0.05, 0.1) is 12.2 Å². The largest absolute Gasteiger partial charge is 0.441 e. The van der Waals surface area contributed by atoms with Crippen LogP contribution < -0.4 is 5.76 Å². The molecule has 5 nitrogen and oxygen atoms in total. The Hall–Kier alpha value is -1.36. The molecule has 0 saturated carbocycles. The molecule has 0 bridgehead atoms. The molecule has 3 heterocycles. The SMILES string of the molecule is CC1(C)C[C@H](/C=C\CC2CCCCc3noc(=O)n32)CO1. The number of hydrogen-bond donors (Lipinski definition) is 0. The minimum absolute atomic E-state index is 0.00406. The molecule has 0 spiro atoms. The van der Waals surface area contributed by atoms with Crippen LogP contribution in [0.3, 0.4) is 0 Å². The molecular weight excluding hydrogens is 268 g/mol. The summed E-state index contributed by atoms with van der Waals surface area (Å²) in [6, 6.07) is 0.188. The molecule has 2 aliphatic heterocycles. The molecule has 3 rings (SSSR count). The van der Waals surface area contributed by atoms with Crippen molar-refractivity contribution in [1.29, 1.82) is 0 Å². The monoisotopic (exact) mass is 292 g/mol. The number of ether oxygens (including phenoxy) is 1. The smallest absolute Gasteiger partial charge is 0.375 e. The van der Waals surface area contributed by atoms with Crippen LogP contribution in [0.5, 0.6) is 0 Å². The van der Waals surface area contributed by atoms with Crippen molar-refractivity contribution < 1.29 is 9.26 Å². The van der Waals surface area contributed by atoms with E-state index in [2.05, 4.69) is 31.2 Å². The summed E-state index contributed by atoms with van der Waals surface area (Å²) in [5, 5.41) is 3.90. The fourth-order valence-corrected chi connectivity index (χ4v) is 3.46. The van der Waals surface area contributed by atoms with Crippen LogP contribution in [0.4, 0.5) is 0 Å². The van der Waals surface area contributed by atoms with Gasteiger partial charge in [-0.1, -0.05) is 23.7 Å². The van der Waals surface area contributed by atoms with Crippen molar-refractivity contribution in [3.63, 3.8) is 0 Å². The van der Waals surface area contributed by atoms with Crippen molar-refractivity contribution in [2.24, 2.45) is 5.92 Å². The van der Waals surface area contributed by atoms with Crippen molar-refractivity contribution in [3.8, 4) is 0 Å². The molecule has 1 saturated heterocycles. The van der Waals surface area contributed by atoms with E-state index in [4.69, 9.17) is 9.26 Å². The second-order valence-electron chi connectivity index (χ2n) is 6.83. The Morgan fingerprint density at radius 2 is 2.29 bits per heavy atom. The lowest BCUT2D eigenvalue weighted by Crippen LogP contribution is -2.21. The molecule has 0 N–H and O–H groups in total. The summed E-state index contributed by atoms with van der Waals surface area (Å²) >= 11 is 0. The summed E-state index contributed by atoms with van der Waals surface area (Å²) in [5.74, 6) is 0.987. The Morgan fingerprint density at radius 1 is 1.43 bits per heavy atom. The predicted octanol–water partition coefficient (Wildman–Crippen LogP) is 2.87. The molecule has 21 heavy (non-hydrogen) atoms. The molecule has 1 aromatic rings. The van der Waals surface area contributed by atoms with Gasteiger partial charge in [-0.3, -0.25) is 9.09 Å². The number of hydrogen-bond acceptors (Lipinski definition) is 4. The highest BCUT2D eigenvalue weighted by Crippen LogP contribution is 2.30. The van der Waals surface area contributed by atoms with Crippen LogP contribution in [0, 0.1) is 5.92 Å². The molecule has 1 fully saturated rings. The van der Waals surface area contributed by atoms with Gasteiger partial charge in [0, 0.05) is 18.4 Å². The zero-order valence-electron chi connectivity index (χ0n) is 12.9. The first kappa shape index (κ1) is 14.6. The van der Waals surface area contributed by atoms with Crippen LogP contribution in [0.2, 0.25) is 0 Å². The standard InChI is InChI=1S/C16H24N2O3/c1-16(2)10-12(11-20-16)6-5-8-13-7-3-4-9-14-17-21-15(19)18(13)14/h5-6,12-13H,3-4,7-11H2,1-2H3/b6-5-/t12-,13?/m0/s1. The summed E-state index contributed by atoms with van der Waals surface area (Å²) in [5.41, 5.74) is -0.00406. The highest BCUT2D eigenvalue weighted by molar-refractivity contribution is 4.99. The van der Waals surface area contributed by atoms with E-state index in [1.54, 1.807) is 4.57 Å². The third kappa shape index (κ3) is 3.28. The van der Waals surface area contributed by atoms with Gasteiger partial charge in [0.2, 0.25) is 0 Å². The van der Waals surface area contributed by atoms with Gasteiger partial charge in [-0.05, 0) is 39.5 Å². The van der Waals surface area contributed by atoms with Gasteiger partial charge in [0.1, 0.15) is 0 Å². The minimum Gasteiger partial charge on any atom is -0.375 e. The summed E-state index contributed by atoms with van der Waals surface area (Å²) in [6.45, 7) is 5.07. The zero-order chi connectivity index (χ0) is 14.9. The van der Waals surface area contributed by atoms with Crippen molar-refractivity contribution >= 4 is 0 Å². The molecule has 2 atom stereocenters. The normalized spacial score (nSPS) is 28.7. The average Bonchev–Trinajstić information content (AvgIpc) is 2.88. The maximum absolute atomic E-state index is 11.8. The van der Waals surface area contributed by atoms with Crippen LogP contribution >= 0.6 is 0 Å². The van der Waals surface area contributed by atoms with E-state index in [1.807, 2.05) is 0 Å². The van der Waals surface area contributed by atoms with Crippen molar-refractivity contribution in [1.82, 2.24) is 9.72 Å². The Kier molecular flexibility index (Phi) is 4.02. The third-order valence-electron chi connectivity index (χ3n) is 4.52. The summed E-state index contributed by atoms with van der Waals surface area (Å²) < 4.78 is 12.3. The van der Waals surface area contributed by atoms with Crippen molar-refractivity contribution in [3.05, 3.63) is 28.5 Å². The number of aromatic nitrogens is 2. The highest BCUT2D eigenvalue weighted by Gasteiger charge is 2.30. The van der Waals surface area contributed by atoms with E-state index >= 15 is 0 Å². The first-order chi connectivity index (χ1) is 10.1. The van der Waals surface area contributed by atoms with Gasteiger partial charge < -0.3 is 4.74 Å². The van der Waals surface area contributed by atoms with Crippen LogP contribution in [-0.2, 0) is 11.2 Å². The van der Waals surface area contributed by atoms with Gasteiger partial charge in [-0.2, -0.15) is 0 Å². The minimum atomic E-state index is -0.310. The van der Waals surface area contributed by atoms with E-state index in [-0.39, 0.29) is 17.4 Å². The third-order valence-corrected chi connectivity index (χ3v) is 4.52. The maximum Gasteiger partial charge on any atom is 0.441 e. The lowest BCUT2D eigenvalue weighted by molar-refractivity contribution is 0.0357. The van der Waals surface area contributed by atoms with Gasteiger partial charge in [-0.25, -0.2) is 4.79 Å². The van der Waals surface area contributed by atoms with Crippen LogP contribution in [0.1, 0.15) is 57.8 Å². The lowest BCUT2D eigenvalue weighted by Gasteiger charge is -2.15. The number of nitrogens with zero attached hydrogens (tertiary/aromatic N) is 2. The summed E-state index contributed by atoms with van der Waals surface area (Å²) in [4.78, 5) is 11.8. The molecule has 116 valence electrons. The van der Waals surface area contributed by atoms with E-state index in [0.29, 0.717) is 5.92 Å². The molecular formula is C16H24N2O3. The molecule has 0 radical (unpaired) electrons. The summed E-state index contributed by atoms with van der Waals surface area (Å²) in [6.07, 6.45) is 10.5. The molecule has 5 heteroatoms. The molecule has 1 unspecified atom stereocenters. The van der Waals surface area contributed by atoms with Gasteiger partial charge >= 0.3 is 5.76 Å². The quantitative estimate of drug-likeness (QED) is 0.804. The van der Waals surface area contributed by atoms with E-state index < -0.39 is 0 Å². The Labute approximate surface area is 125 Å². The predicted molar refractivity (Wildman–Crippen MR) is 79.3 cm³/mol. The average molecular weight is 292 g/mol. The second-order valence-corrected chi connectivity index (χ2v) is 6.83. The van der Waals surface area contributed by atoms with Crippen LogP contribution in [-0.4, -0.2) is 21.9 Å². The van der Waals surface area contributed by atoms with E-state index in [1.165, 1.54) is 0 Å². The molecule has 2 aliphatic rings. The Bertz CT molecular complexity index is 570. The Balaban J connectivity index is 1.65. The van der Waals surface area contributed by atoms with Gasteiger partial charge in [0.15, 0.2) is 5.82 Å². The number of rotatable bonds is 3. The van der Waals surface area contributed by atoms with E-state index in [9.17, 15) is 4.79 Å². The first-order valence-corrected chi connectivity index (χ1v) is 7.93. The van der Waals surface area contributed by atoms with Crippen molar-refractivity contribution in [2.45, 2.75) is 64.0 Å². The number of fused-ring (bicyclic) bond motifs is 1. The number of allylic oxidation sites excluding steroid dienone is 1. The topological polar surface area (TPSA) is 57.3 Å². The van der Waals surface area contributed by atoms with Crippen LogP contribution in [0.15, 0.2) is 21.5 Å². The van der Waals surface area contributed by atoms with Gasteiger partial charge in [0.25, 0.3) is 0 Å². The molecule has 1 aromatic heterocycles. The first-order valence-electron chi connectivity index (χ1n) is 7.93. The maximum atomic E-state index is 11.8. The number of aryl methyl sites for hydroxylation is 1. The van der Waals surface area contributed by atoms with Crippen LogP contribution in [0.25, 0.3) is 0 Å². The lowest BCUT2D eigenvalue weighted by atomic mass is 9.97. The molecule has 0 aliphatic carbocycles. The Morgan fingerprint density at radius 3 is 3.05 bits per heavy atom. The molecule has 0 amide bonds. The second kappa shape index (κ2) is 5.79. The fourth-order valence-electron chi connectivity index (χ4n) is 3.46. The summed E-state index contributed by atoms with van der Waals surface area (Å²) in [7, 11) is 0.